The molecular weight excluding hydrogens is 410 g/mol. The first-order chi connectivity index (χ1) is 12.1. The van der Waals surface area contributed by atoms with Crippen LogP contribution in [0.15, 0.2) is 0 Å². The fourth-order valence-corrected chi connectivity index (χ4v) is 0.329. The molecule has 0 atom stereocenters. The van der Waals surface area contributed by atoms with E-state index in [4.69, 9.17) is 61.0 Å². The third-order valence-corrected chi connectivity index (χ3v) is 0.642. The van der Waals surface area contributed by atoms with Gasteiger partial charge >= 0.3 is 0 Å². The normalized spacial score (nSPS) is 6.82. The summed E-state index contributed by atoms with van der Waals surface area (Å²) >= 11 is 0. The Morgan fingerprint density at radius 1 is 0.571 bits per heavy atom. The van der Waals surface area contributed by atoms with Crippen molar-refractivity contribution in [2.24, 2.45) is 11.5 Å². The zero-order valence-electron chi connectivity index (χ0n) is 17.0. The minimum absolute atomic E-state index is 0. The van der Waals surface area contributed by atoms with Crippen molar-refractivity contribution in [3.63, 3.8) is 0 Å². The van der Waals surface area contributed by atoms with Gasteiger partial charge in [0.05, 0.1) is 0 Å². The second-order valence-corrected chi connectivity index (χ2v) is 3.92. The average Bonchev–Trinajstić information content (AvgIpc) is 2.35. The van der Waals surface area contributed by atoms with E-state index in [-0.39, 0.29) is 37.7 Å². The maximum Gasteiger partial charge on any atom is 0.300 e. The molecule has 2 radical (unpaired) electrons. The summed E-state index contributed by atoms with van der Waals surface area (Å²) in [6.07, 6.45) is 0. The van der Waals surface area contributed by atoms with Gasteiger partial charge in [0.25, 0.3) is 29.8 Å². The predicted molar refractivity (Wildman–Crippen MR) is 103 cm³/mol. The molecule has 0 saturated carbocycles. The Balaban J connectivity index is -0.0000000382. The summed E-state index contributed by atoms with van der Waals surface area (Å²) in [7, 11) is 0. The van der Waals surface area contributed by atoms with Crippen molar-refractivity contribution in [2.75, 3.05) is 26.2 Å². The van der Waals surface area contributed by atoms with Crippen LogP contribution in [0.5, 0.6) is 0 Å². The Hall–Kier alpha value is -1.51. The topological polar surface area (TPSA) is 251 Å². The first-order valence-electron chi connectivity index (χ1n) is 7.16. The van der Waals surface area contributed by atoms with Crippen molar-refractivity contribution in [3.8, 4) is 0 Å². The van der Waals surface area contributed by atoms with Crippen LogP contribution in [0.25, 0.3) is 0 Å². The van der Waals surface area contributed by atoms with Gasteiger partial charge in [0.15, 0.2) is 0 Å². The van der Waals surface area contributed by atoms with Crippen molar-refractivity contribution in [1.82, 2.24) is 5.32 Å². The molecular formula is C14H33CaN3O10. The number of hydrogen-bond donors (Lipinski definition) is 8. The maximum absolute atomic E-state index is 9.00. The van der Waals surface area contributed by atoms with Crippen LogP contribution in [-0.2, 0) is 24.0 Å². The van der Waals surface area contributed by atoms with E-state index in [1.165, 1.54) is 0 Å². The van der Waals surface area contributed by atoms with Gasteiger partial charge in [-0.15, -0.1) is 0 Å². The number of carboxylic acids is 5. The first kappa shape index (κ1) is 45.3. The van der Waals surface area contributed by atoms with Crippen LogP contribution < -0.4 is 16.8 Å². The molecule has 0 unspecified atom stereocenters. The van der Waals surface area contributed by atoms with Crippen LogP contribution in [0.4, 0.5) is 0 Å². The van der Waals surface area contributed by atoms with Gasteiger partial charge in [0.1, 0.15) is 0 Å². The molecule has 10 N–H and O–H groups in total. The fraction of sp³-hybridized carbons (Fsp3) is 0.643. The van der Waals surface area contributed by atoms with Gasteiger partial charge in [-0.1, -0.05) is 0 Å². The Labute approximate surface area is 194 Å². The van der Waals surface area contributed by atoms with E-state index >= 15 is 0 Å². The molecule has 0 heterocycles. The zero-order valence-corrected chi connectivity index (χ0v) is 19.2. The molecule has 0 aromatic carbocycles. The largest absolute Gasteiger partial charge is 0.481 e. The molecule has 0 aliphatic rings. The molecule has 0 fully saturated rings. The van der Waals surface area contributed by atoms with Gasteiger partial charge in [0, 0.05) is 98.5 Å². The Kier molecular flexibility index (Phi) is 72.4. The van der Waals surface area contributed by atoms with Crippen LogP contribution in [0.1, 0.15) is 34.6 Å². The quantitative estimate of drug-likeness (QED) is 0.183. The Morgan fingerprint density at radius 2 is 0.679 bits per heavy atom. The van der Waals surface area contributed by atoms with Crippen LogP contribution >= 0.6 is 0 Å². The number of aliphatic carboxylic acids is 5. The zero-order chi connectivity index (χ0) is 23.4. The van der Waals surface area contributed by atoms with Crippen molar-refractivity contribution in [3.05, 3.63) is 0 Å². The number of carbonyl (C=O) groups is 5. The Bertz CT molecular complexity index is 289. The van der Waals surface area contributed by atoms with Gasteiger partial charge in [-0.2, -0.15) is 0 Å². The summed E-state index contributed by atoms with van der Waals surface area (Å²) in [4.78, 5) is 45.0. The number of carboxylic acid groups (broad SMARTS) is 5. The summed E-state index contributed by atoms with van der Waals surface area (Å²) in [5, 5.41) is 40.1. The fourth-order valence-electron chi connectivity index (χ4n) is 0.329. The van der Waals surface area contributed by atoms with Crippen molar-refractivity contribution in [1.29, 1.82) is 0 Å². The standard InChI is InChI=1S/C4H13N3.5C2H4O2.Ca/c5-1-3-7-4-2-6;5*1-2(3)4;/h7H,1-6H2;5*1H3,(H,3,4);. The average molecular weight is 444 g/mol. The van der Waals surface area contributed by atoms with E-state index in [1.54, 1.807) is 0 Å². The van der Waals surface area contributed by atoms with E-state index in [2.05, 4.69) is 5.32 Å². The molecule has 0 aromatic heterocycles. The first-order valence-corrected chi connectivity index (χ1v) is 7.16. The van der Waals surface area contributed by atoms with Gasteiger partial charge < -0.3 is 42.3 Å². The molecule has 0 aliphatic carbocycles. The molecule has 0 saturated heterocycles. The third-order valence-electron chi connectivity index (χ3n) is 0.642. The van der Waals surface area contributed by atoms with E-state index in [9.17, 15) is 0 Å². The van der Waals surface area contributed by atoms with Gasteiger partial charge in [0.2, 0.25) is 0 Å². The van der Waals surface area contributed by atoms with Crippen LogP contribution in [0, 0.1) is 0 Å². The number of nitrogens with one attached hydrogen (secondary N) is 1. The molecule has 0 aromatic rings. The number of nitrogens with two attached hydrogens (primary N) is 2. The second-order valence-electron chi connectivity index (χ2n) is 3.92. The molecule has 0 bridgehead atoms. The summed E-state index contributed by atoms with van der Waals surface area (Å²) in [5.74, 6) is -4.17. The minimum atomic E-state index is -0.833. The van der Waals surface area contributed by atoms with Gasteiger partial charge in [-0.25, -0.2) is 0 Å². The van der Waals surface area contributed by atoms with Gasteiger partial charge in [-0.05, 0) is 0 Å². The van der Waals surface area contributed by atoms with Gasteiger partial charge in [-0.3, -0.25) is 24.0 Å². The SMILES string of the molecule is CC(=O)O.CC(=O)O.CC(=O)O.CC(=O)O.CC(=O)O.NCCNCCN.[Ca]. The van der Waals surface area contributed by atoms with E-state index in [0.717, 1.165) is 47.7 Å². The van der Waals surface area contributed by atoms with E-state index < -0.39 is 29.8 Å². The molecule has 166 valence electrons. The number of rotatable bonds is 4. The molecule has 0 amide bonds. The van der Waals surface area contributed by atoms with Crippen molar-refractivity contribution in [2.45, 2.75) is 34.6 Å². The minimum Gasteiger partial charge on any atom is -0.481 e. The van der Waals surface area contributed by atoms with Crippen LogP contribution in [0.3, 0.4) is 0 Å². The monoisotopic (exact) mass is 443 g/mol. The van der Waals surface area contributed by atoms with E-state index in [1.807, 2.05) is 0 Å². The van der Waals surface area contributed by atoms with Crippen molar-refractivity contribution >= 4 is 67.6 Å². The van der Waals surface area contributed by atoms with E-state index in [0.29, 0.717) is 13.1 Å². The summed E-state index contributed by atoms with van der Waals surface area (Å²) in [6, 6.07) is 0. The third kappa shape index (κ3) is 2180. The predicted octanol–water partition coefficient (Wildman–Crippen LogP) is -1.43. The summed E-state index contributed by atoms with van der Waals surface area (Å²) in [5.41, 5.74) is 10.3. The second kappa shape index (κ2) is 44.7. The molecule has 0 rings (SSSR count). The maximum atomic E-state index is 9.00. The molecule has 28 heavy (non-hydrogen) atoms. The smallest absolute Gasteiger partial charge is 0.300 e. The molecule has 0 aliphatic heterocycles. The van der Waals surface area contributed by atoms with Crippen LogP contribution in [0.2, 0.25) is 0 Å². The number of hydrogen-bond acceptors (Lipinski definition) is 8. The summed E-state index contributed by atoms with van der Waals surface area (Å²) < 4.78 is 0. The molecule has 0 spiro atoms. The van der Waals surface area contributed by atoms with Crippen molar-refractivity contribution < 1.29 is 49.5 Å². The summed E-state index contributed by atoms with van der Waals surface area (Å²) in [6.45, 7) is 8.55. The Morgan fingerprint density at radius 3 is 0.750 bits per heavy atom. The molecule has 14 heteroatoms. The molecule has 13 nitrogen and oxygen atoms in total. The van der Waals surface area contributed by atoms with Crippen LogP contribution in [-0.4, -0.2) is 119 Å².